The molecule has 1 unspecified atom stereocenters. The van der Waals surface area contributed by atoms with Crippen molar-refractivity contribution < 1.29 is 19.5 Å². The number of hydrogen-bond donors (Lipinski definition) is 2. The molecule has 25 heavy (non-hydrogen) atoms. The van der Waals surface area contributed by atoms with Gasteiger partial charge in [0.15, 0.2) is 0 Å². The van der Waals surface area contributed by atoms with Crippen molar-refractivity contribution in [3.8, 4) is 11.5 Å². The predicted molar refractivity (Wildman–Crippen MR) is 98.7 cm³/mol. The fraction of sp³-hybridized carbons (Fsp3) is 0.158. The number of ether oxygens (including phenoxy) is 1. The van der Waals surface area contributed by atoms with Crippen molar-refractivity contribution in [2.45, 2.75) is 12.5 Å². The van der Waals surface area contributed by atoms with Gasteiger partial charge in [0.05, 0.1) is 6.10 Å². The molecule has 1 heterocycles. The standard InChI is InChI=1S/C19H18BClO4/c1-13(12-24-15-5-3-2-4-6-15)17-9-10-19(25-20(17)23)16-8-7-14(22)11-18(16)21/h2-9,11,19,22-23H,1,10,12H2. The third-order valence-corrected chi connectivity index (χ3v) is 4.33. The third-order valence-electron chi connectivity index (χ3n) is 4.01. The van der Waals surface area contributed by atoms with Gasteiger partial charge in [-0.15, -0.1) is 0 Å². The van der Waals surface area contributed by atoms with Crippen LogP contribution in [0.3, 0.4) is 0 Å². The molecule has 0 spiro atoms. The molecule has 0 fully saturated rings. The summed E-state index contributed by atoms with van der Waals surface area (Å²) in [7, 11) is -1.10. The molecule has 0 radical (unpaired) electrons. The Labute approximate surface area is 152 Å². The van der Waals surface area contributed by atoms with E-state index >= 15 is 0 Å². The van der Waals surface area contributed by atoms with Crippen molar-refractivity contribution >= 4 is 18.7 Å². The summed E-state index contributed by atoms with van der Waals surface area (Å²) in [5, 5.41) is 20.2. The number of rotatable bonds is 5. The maximum absolute atomic E-state index is 10.3. The first kappa shape index (κ1) is 17.6. The monoisotopic (exact) mass is 356 g/mol. The Hall–Kier alpha value is -2.21. The fourth-order valence-electron chi connectivity index (χ4n) is 2.69. The van der Waals surface area contributed by atoms with Crippen molar-refractivity contribution in [2.24, 2.45) is 0 Å². The first-order chi connectivity index (χ1) is 12.0. The maximum Gasteiger partial charge on any atom is 0.491 e. The lowest BCUT2D eigenvalue weighted by atomic mass is 9.71. The van der Waals surface area contributed by atoms with Gasteiger partial charge in [-0.3, -0.25) is 0 Å². The van der Waals surface area contributed by atoms with E-state index in [1.165, 1.54) is 6.07 Å². The molecule has 6 heteroatoms. The van der Waals surface area contributed by atoms with Gasteiger partial charge in [-0.25, -0.2) is 0 Å². The van der Waals surface area contributed by atoms with Gasteiger partial charge < -0.3 is 19.5 Å². The topological polar surface area (TPSA) is 58.9 Å². The molecule has 2 aromatic carbocycles. The highest BCUT2D eigenvalue weighted by Crippen LogP contribution is 2.35. The van der Waals surface area contributed by atoms with Crippen LogP contribution in [0, 0.1) is 0 Å². The highest BCUT2D eigenvalue weighted by Gasteiger charge is 2.31. The van der Waals surface area contributed by atoms with E-state index in [0.717, 1.165) is 11.3 Å². The van der Waals surface area contributed by atoms with Crippen LogP contribution in [0.15, 0.2) is 72.2 Å². The molecule has 0 saturated carbocycles. The summed E-state index contributed by atoms with van der Waals surface area (Å²) >= 11 is 6.15. The fourth-order valence-corrected chi connectivity index (χ4v) is 2.98. The van der Waals surface area contributed by atoms with Crippen LogP contribution in [0.4, 0.5) is 0 Å². The van der Waals surface area contributed by atoms with Gasteiger partial charge in [0.1, 0.15) is 18.1 Å². The van der Waals surface area contributed by atoms with Crippen molar-refractivity contribution in [2.75, 3.05) is 6.61 Å². The van der Waals surface area contributed by atoms with Gasteiger partial charge in [-0.2, -0.15) is 0 Å². The van der Waals surface area contributed by atoms with Gasteiger partial charge in [0.2, 0.25) is 0 Å². The van der Waals surface area contributed by atoms with E-state index in [9.17, 15) is 10.1 Å². The largest absolute Gasteiger partial charge is 0.508 e. The minimum atomic E-state index is -1.10. The molecule has 0 aromatic heterocycles. The summed E-state index contributed by atoms with van der Waals surface area (Å²) in [5.74, 6) is 0.831. The first-order valence-electron chi connectivity index (χ1n) is 7.92. The summed E-state index contributed by atoms with van der Waals surface area (Å²) in [4.78, 5) is 0. The first-order valence-corrected chi connectivity index (χ1v) is 8.30. The Balaban J connectivity index is 1.66. The highest BCUT2D eigenvalue weighted by molar-refractivity contribution is 6.54. The lowest BCUT2D eigenvalue weighted by molar-refractivity contribution is 0.168. The number of phenolic OH excluding ortho intramolecular Hbond substituents is 1. The smallest absolute Gasteiger partial charge is 0.491 e. The Morgan fingerprint density at radius 2 is 2.04 bits per heavy atom. The van der Waals surface area contributed by atoms with Crippen LogP contribution in [-0.4, -0.2) is 23.9 Å². The SMILES string of the molecule is C=C(COc1ccccc1)C1=CCC(c2ccc(O)cc2Cl)OB1O. The minimum absolute atomic E-state index is 0.0905. The Morgan fingerprint density at radius 3 is 2.72 bits per heavy atom. The van der Waals surface area contributed by atoms with Crippen LogP contribution >= 0.6 is 11.6 Å². The van der Waals surface area contributed by atoms with E-state index in [1.54, 1.807) is 12.1 Å². The lowest BCUT2D eigenvalue weighted by Crippen LogP contribution is -2.30. The molecule has 0 amide bonds. The van der Waals surface area contributed by atoms with Crippen molar-refractivity contribution in [1.29, 1.82) is 0 Å². The average molecular weight is 357 g/mol. The summed E-state index contributed by atoms with van der Waals surface area (Å²) < 4.78 is 11.3. The minimum Gasteiger partial charge on any atom is -0.508 e. The van der Waals surface area contributed by atoms with Gasteiger partial charge in [-0.05, 0) is 47.3 Å². The molecule has 1 aliphatic rings. The maximum atomic E-state index is 10.3. The molecular formula is C19H18BClO4. The number of aromatic hydroxyl groups is 1. The highest BCUT2D eigenvalue weighted by atomic mass is 35.5. The zero-order chi connectivity index (χ0) is 17.8. The Bertz CT molecular complexity index is 791. The lowest BCUT2D eigenvalue weighted by Gasteiger charge is -2.27. The van der Waals surface area contributed by atoms with E-state index in [1.807, 2.05) is 36.4 Å². The van der Waals surface area contributed by atoms with Gasteiger partial charge in [0, 0.05) is 5.02 Å². The van der Waals surface area contributed by atoms with Crippen LogP contribution in [0.5, 0.6) is 11.5 Å². The van der Waals surface area contributed by atoms with E-state index in [2.05, 4.69) is 6.58 Å². The molecule has 1 atom stereocenters. The summed E-state index contributed by atoms with van der Waals surface area (Å²) in [6.45, 7) is 4.24. The van der Waals surface area contributed by atoms with Crippen LogP contribution in [0.2, 0.25) is 5.02 Å². The molecule has 128 valence electrons. The van der Waals surface area contributed by atoms with E-state index in [-0.39, 0.29) is 18.5 Å². The third kappa shape index (κ3) is 4.26. The van der Waals surface area contributed by atoms with Crippen LogP contribution < -0.4 is 4.74 Å². The number of phenols is 1. The Morgan fingerprint density at radius 1 is 1.28 bits per heavy atom. The van der Waals surface area contributed by atoms with Gasteiger partial charge in [0.25, 0.3) is 0 Å². The molecule has 2 N–H and O–H groups in total. The number of para-hydroxylation sites is 1. The quantitative estimate of drug-likeness (QED) is 0.792. The number of benzene rings is 2. The second-order valence-electron chi connectivity index (χ2n) is 5.78. The van der Waals surface area contributed by atoms with Crippen molar-refractivity contribution in [3.63, 3.8) is 0 Å². The van der Waals surface area contributed by atoms with Crippen molar-refractivity contribution in [1.82, 2.24) is 0 Å². The van der Waals surface area contributed by atoms with Crippen LogP contribution in [0.25, 0.3) is 0 Å². The van der Waals surface area contributed by atoms with Gasteiger partial charge >= 0.3 is 7.12 Å². The summed E-state index contributed by atoms with van der Waals surface area (Å²) in [6.07, 6.45) is 2.05. The zero-order valence-corrected chi connectivity index (χ0v) is 14.3. The van der Waals surface area contributed by atoms with Crippen molar-refractivity contribution in [3.05, 3.63) is 82.8 Å². The number of hydrogen-bond acceptors (Lipinski definition) is 4. The zero-order valence-electron chi connectivity index (χ0n) is 13.6. The van der Waals surface area contributed by atoms with Crippen LogP contribution in [-0.2, 0) is 4.65 Å². The summed E-state index contributed by atoms with van der Waals surface area (Å²) in [6, 6.07) is 14.1. The van der Waals surface area contributed by atoms with E-state index in [0.29, 0.717) is 22.5 Å². The molecule has 0 aliphatic carbocycles. The van der Waals surface area contributed by atoms with E-state index < -0.39 is 7.12 Å². The molecule has 4 nitrogen and oxygen atoms in total. The molecule has 2 aromatic rings. The molecule has 0 bridgehead atoms. The predicted octanol–water partition coefficient (Wildman–Crippen LogP) is 4.09. The molecule has 1 aliphatic heterocycles. The molecular weight excluding hydrogens is 338 g/mol. The van der Waals surface area contributed by atoms with Crippen LogP contribution in [0.1, 0.15) is 18.1 Å². The van der Waals surface area contributed by atoms with Gasteiger partial charge in [-0.1, -0.05) is 48.5 Å². The Kier molecular flexibility index (Phi) is 5.48. The second-order valence-corrected chi connectivity index (χ2v) is 6.19. The van der Waals surface area contributed by atoms with E-state index in [4.69, 9.17) is 21.0 Å². The average Bonchev–Trinajstić information content (AvgIpc) is 2.60. The molecule has 3 rings (SSSR count). The normalized spacial score (nSPS) is 17.1. The summed E-state index contributed by atoms with van der Waals surface area (Å²) in [5.41, 5.74) is 1.99. The number of halogens is 1. The molecule has 0 saturated heterocycles. The second kappa shape index (κ2) is 7.78.